The maximum absolute atomic E-state index is 12.9. The van der Waals surface area contributed by atoms with Gasteiger partial charge in [0, 0.05) is 50.2 Å². The standard InChI is InChI=1S/C19H23N5O4/c1-13-6-7-14(11-16(13)24(26)27)19(25)23-10-4-5-15(12-23)28-18-17(22(2)3)20-8-9-21-18/h6-9,11,15H,4-5,10,12H2,1-3H3. The summed E-state index contributed by atoms with van der Waals surface area (Å²) in [5, 5.41) is 11.2. The topological polar surface area (TPSA) is 102 Å². The molecule has 0 radical (unpaired) electrons. The summed E-state index contributed by atoms with van der Waals surface area (Å²) in [4.78, 5) is 35.6. The maximum Gasteiger partial charge on any atom is 0.273 e. The summed E-state index contributed by atoms with van der Waals surface area (Å²) >= 11 is 0. The Bertz CT molecular complexity index is 886. The van der Waals surface area contributed by atoms with Gasteiger partial charge >= 0.3 is 0 Å². The van der Waals surface area contributed by atoms with E-state index < -0.39 is 4.92 Å². The van der Waals surface area contributed by atoms with E-state index in [4.69, 9.17) is 4.74 Å². The van der Waals surface area contributed by atoms with Gasteiger partial charge in [0.2, 0.25) is 0 Å². The summed E-state index contributed by atoms with van der Waals surface area (Å²) in [5.41, 5.74) is 0.789. The molecule has 1 amide bonds. The van der Waals surface area contributed by atoms with Crippen LogP contribution in [0.15, 0.2) is 30.6 Å². The molecule has 0 aliphatic carbocycles. The van der Waals surface area contributed by atoms with Gasteiger partial charge in [-0.2, -0.15) is 0 Å². The highest BCUT2D eigenvalue weighted by Crippen LogP contribution is 2.25. The fourth-order valence-electron chi connectivity index (χ4n) is 3.21. The number of hydrogen-bond acceptors (Lipinski definition) is 7. The van der Waals surface area contributed by atoms with Gasteiger partial charge in [0.05, 0.1) is 11.5 Å². The average molecular weight is 385 g/mol. The van der Waals surface area contributed by atoms with Crippen LogP contribution in [-0.4, -0.2) is 59.0 Å². The first-order valence-electron chi connectivity index (χ1n) is 9.06. The van der Waals surface area contributed by atoms with Crippen molar-refractivity contribution in [3.8, 4) is 5.88 Å². The Kier molecular flexibility index (Phi) is 5.72. The van der Waals surface area contributed by atoms with Gasteiger partial charge in [0.25, 0.3) is 17.5 Å². The number of nitrogens with zero attached hydrogens (tertiary/aromatic N) is 5. The van der Waals surface area contributed by atoms with E-state index in [9.17, 15) is 14.9 Å². The van der Waals surface area contributed by atoms with Gasteiger partial charge in [0.15, 0.2) is 5.82 Å². The van der Waals surface area contributed by atoms with Crippen molar-refractivity contribution in [3.05, 3.63) is 51.8 Å². The van der Waals surface area contributed by atoms with Crippen LogP contribution in [0.3, 0.4) is 0 Å². The van der Waals surface area contributed by atoms with E-state index in [1.165, 1.54) is 6.07 Å². The van der Waals surface area contributed by atoms with E-state index in [1.807, 2.05) is 19.0 Å². The number of nitro benzene ring substituents is 1. The first kappa shape index (κ1) is 19.5. The largest absolute Gasteiger partial charge is 0.470 e. The number of carbonyl (C=O) groups is 1. The zero-order chi connectivity index (χ0) is 20.3. The van der Waals surface area contributed by atoms with Crippen molar-refractivity contribution in [1.29, 1.82) is 0 Å². The third-order valence-corrected chi connectivity index (χ3v) is 4.67. The lowest BCUT2D eigenvalue weighted by Crippen LogP contribution is -2.44. The van der Waals surface area contributed by atoms with E-state index in [0.29, 0.717) is 35.9 Å². The second-order valence-corrected chi connectivity index (χ2v) is 6.97. The molecule has 1 atom stereocenters. The van der Waals surface area contributed by atoms with E-state index >= 15 is 0 Å². The van der Waals surface area contributed by atoms with Gasteiger partial charge in [0.1, 0.15) is 6.10 Å². The smallest absolute Gasteiger partial charge is 0.273 e. The number of aromatic nitrogens is 2. The van der Waals surface area contributed by atoms with Gasteiger partial charge in [-0.25, -0.2) is 9.97 Å². The van der Waals surface area contributed by atoms with Crippen LogP contribution in [0.2, 0.25) is 0 Å². The van der Waals surface area contributed by atoms with E-state index in [2.05, 4.69) is 9.97 Å². The third kappa shape index (κ3) is 4.19. The normalized spacial score (nSPS) is 16.5. The van der Waals surface area contributed by atoms with Crippen LogP contribution in [0.5, 0.6) is 5.88 Å². The number of carbonyl (C=O) groups excluding carboxylic acids is 1. The number of rotatable bonds is 5. The van der Waals surface area contributed by atoms with Crippen LogP contribution in [0, 0.1) is 17.0 Å². The lowest BCUT2D eigenvalue weighted by atomic mass is 10.0. The van der Waals surface area contributed by atoms with Crippen LogP contribution in [0.1, 0.15) is 28.8 Å². The second-order valence-electron chi connectivity index (χ2n) is 6.97. The van der Waals surface area contributed by atoms with Crippen molar-refractivity contribution < 1.29 is 14.5 Å². The zero-order valence-electron chi connectivity index (χ0n) is 16.2. The van der Waals surface area contributed by atoms with Crippen molar-refractivity contribution in [3.63, 3.8) is 0 Å². The molecule has 1 aliphatic rings. The SMILES string of the molecule is Cc1ccc(C(=O)N2CCCC(Oc3nccnc3N(C)C)C2)cc1[N+](=O)[O-]. The lowest BCUT2D eigenvalue weighted by Gasteiger charge is -2.33. The zero-order valence-corrected chi connectivity index (χ0v) is 16.2. The minimum Gasteiger partial charge on any atom is -0.470 e. The molecule has 3 rings (SSSR count). The second kappa shape index (κ2) is 8.20. The molecular weight excluding hydrogens is 362 g/mol. The first-order valence-corrected chi connectivity index (χ1v) is 9.06. The van der Waals surface area contributed by atoms with Crippen LogP contribution in [0.25, 0.3) is 0 Å². The monoisotopic (exact) mass is 385 g/mol. The quantitative estimate of drug-likeness (QED) is 0.575. The molecule has 9 heteroatoms. The van der Waals surface area contributed by atoms with E-state index in [0.717, 1.165) is 12.8 Å². The Morgan fingerprint density at radius 1 is 1.32 bits per heavy atom. The molecule has 2 aromatic rings. The van der Waals surface area contributed by atoms with Crippen LogP contribution in [-0.2, 0) is 0 Å². The minimum absolute atomic E-state index is 0.0501. The molecule has 1 unspecified atom stereocenters. The molecule has 28 heavy (non-hydrogen) atoms. The molecule has 0 N–H and O–H groups in total. The van der Waals surface area contributed by atoms with Crippen LogP contribution in [0.4, 0.5) is 11.5 Å². The Morgan fingerprint density at radius 3 is 2.79 bits per heavy atom. The summed E-state index contributed by atoms with van der Waals surface area (Å²) in [6.07, 6.45) is 4.53. The molecule has 1 aromatic carbocycles. The highest BCUT2D eigenvalue weighted by atomic mass is 16.6. The Labute approximate surface area is 163 Å². The number of aryl methyl sites for hydroxylation is 1. The molecule has 1 aliphatic heterocycles. The number of hydrogen-bond donors (Lipinski definition) is 0. The fourth-order valence-corrected chi connectivity index (χ4v) is 3.21. The Morgan fingerprint density at radius 2 is 2.07 bits per heavy atom. The molecule has 1 aromatic heterocycles. The molecule has 148 valence electrons. The molecule has 0 spiro atoms. The van der Waals surface area contributed by atoms with Gasteiger partial charge < -0.3 is 14.5 Å². The summed E-state index contributed by atoms with van der Waals surface area (Å²) < 4.78 is 6.03. The highest BCUT2D eigenvalue weighted by molar-refractivity contribution is 5.95. The van der Waals surface area contributed by atoms with Gasteiger partial charge in [-0.15, -0.1) is 0 Å². The summed E-state index contributed by atoms with van der Waals surface area (Å²) in [6.45, 7) is 2.63. The van der Waals surface area contributed by atoms with Gasteiger partial charge in [-0.3, -0.25) is 14.9 Å². The van der Waals surface area contributed by atoms with E-state index in [1.54, 1.807) is 36.4 Å². The fraction of sp³-hybridized carbons (Fsp3) is 0.421. The Hall–Kier alpha value is -3.23. The van der Waals surface area contributed by atoms with Crippen molar-refractivity contribution in [2.45, 2.75) is 25.9 Å². The molecule has 0 saturated carbocycles. The number of anilines is 1. The molecule has 0 bridgehead atoms. The summed E-state index contributed by atoms with van der Waals surface area (Å²) in [6, 6.07) is 4.57. The van der Waals surface area contributed by atoms with E-state index in [-0.39, 0.29) is 17.7 Å². The number of benzene rings is 1. The van der Waals surface area contributed by atoms with Crippen molar-refractivity contribution in [1.82, 2.24) is 14.9 Å². The maximum atomic E-state index is 12.9. The number of nitro groups is 1. The Balaban J connectivity index is 1.74. The summed E-state index contributed by atoms with van der Waals surface area (Å²) in [5.74, 6) is 0.821. The van der Waals surface area contributed by atoms with Crippen molar-refractivity contribution in [2.75, 3.05) is 32.1 Å². The van der Waals surface area contributed by atoms with Crippen molar-refractivity contribution >= 4 is 17.4 Å². The number of likely N-dealkylation sites (tertiary alicyclic amines) is 1. The third-order valence-electron chi connectivity index (χ3n) is 4.67. The minimum atomic E-state index is -0.467. The number of piperidine rings is 1. The number of ether oxygens (including phenoxy) is 1. The highest BCUT2D eigenvalue weighted by Gasteiger charge is 2.28. The van der Waals surface area contributed by atoms with Crippen LogP contribution >= 0.6 is 0 Å². The van der Waals surface area contributed by atoms with Crippen LogP contribution < -0.4 is 9.64 Å². The average Bonchev–Trinajstić information content (AvgIpc) is 2.68. The van der Waals surface area contributed by atoms with Crippen molar-refractivity contribution in [2.24, 2.45) is 0 Å². The molecule has 1 saturated heterocycles. The molecule has 2 heterocycles. The molecule has 9 nitrogen and oxygen atoms in total. The molecular formula is C19H23N5O4. The lowest BCUT2D eigenvalue weighted by molar-refractivity contribution is -0.385. The van der Waals surface area contributed by atoms with Gasteiger partial charge in [-0.1, -0.05) is 6.07 Å². The molecule has 1 fully saturated rings. The summed E-state index contributed by atoms with van der Waals surface area (Å²) in [7, 11) is 3.72. The number of amides is 1. The predicted molar refractivity (Wildman–Crippen MR) is 104 cm³/mol. The first-order chi connectivity index (χ1) is 13.4. The van der Waals surface area contributed by atoms with Gasteiger partial charge in [-0.05, 0) is 25.8 Å². The predicted octanol–water partition coefficient (Wildman–Crippen LogP) is 2.44.